The van der Waals surface area contributed by atoms with Crippen molar-refractivity contribution in [1.82, 2.24) is 10.3 Å². The lowest BCUT2D eigenvalue weighted by Gasteiger charge is -2.40. The van der Waals surface area contributed by atoms with Gasteiger partial charge in [0, 0.05) is 37.9 Å². The summed E-state index contributed by atoms with van der Waals surface area (Å²) in [5.41, 5.74) is -0.962. The number of alkyl halides is 3. The minimum atomic E-state index is -4.64. The van der Waals surface area contributed by atoms with Gasteiger partial charge >= 0.3 is 6.18 Å². The summed E-state index contributed by atoms with van der Waals surface area (Å²) in [6.45, 7) is 3.63. The summed E-state index contributed by atoms with van der Waals surface area (Å²) in [5, 5.41) is 12.1. The summed E-state index contributed by atoms with van der Waals surface area (Å²) in [7, 11) is 0. The number of aromatic nitrogens is 1. The number of nitrogens with zero attached hydrogens (tertiary/aromatic N) is 2. The second-order valence-corrected chi connectivity index (χ2v) is 9.78. The van der Waals surface area contributed by atoms with Gasteiger partial charge in [0.05, 0.1) is 15.1 Å². The topological polar surface area (TPSA) is 65.5 Å². The maximum Gasteiger partial charge on any atom is 0.400 e. The van der Waals surface area contributed by atoms with Crippen LogP contribution in [0.4, 0.5) is 19.0 Å². The summed E-state index contributed by atoms with van der Waals surface area (Å²) in [6, 6.07) is 4.84. The molecule has 0 saturated carbocycles. The minimum absolute atomic E-state index is 0.000728. The van der Waals surface area contributed by atoms with Crippen molar-refractivity contribution in [3.8, 4) is 0 Å². The molecule has 1 fully saturated rings. The van der Waals surface area contributed by atoms with E-state index in [1.54, 1.807) is 30.9 Å². The lowest BCUT2D eigenvalue weighted by atomic mass is 9.72. The average Bonchev–Trinajstić information content (AvgIpc) is 3.20. The normalized spacial score (nSPS) is 20.4. The molecule has 2 heterocycles. The first kappa shape index (κ1) is 27.8. The Morgan fingerprint density at radius 1 is 1.26 bits per heavy atom. The molecule has 5 nitrogen and oxygen atoms in total. The molecule has 1 aliphatic heterocycles. The fourth-order valence-corrected chi connectivity index (χ4v) is 5.33. The monoisotopic (exact) mass is 551 g/mol. The Balaban J connectivity index is 2.06. The predicted octanol–water partition coefficient (Wildman–Crippen LogP) is 6.23. The fourth-order valence-electron chi connectivity index (χ4n) is 4.73. The molecule has 1 aromatic heterocycles. The summed E-state index contributed by atoms with van der Waals surface area (Å²) < 4.78 is 44.7. The largest absolute Gasteiger partial charge is 0.400 e. The molecule has 35 heavy (non-hydrogen) atoms. The van der Waals surface area contributed by atoms with Gasteiger partial charge in [0.15, 0.2) is 0 Å². The van der Waals surface area contributed by atoms with E-state index in [-0.39, 0.29) is 65.5 Å². The minimum Gasteiger partial charge on any atom is -0.396 e. The van der Waals surface area contributed by atoms with Crippen LogP contribution in [-0.2, 0) is 16.8 Å². The highest BCUT2D eigenvalue weighted by Crippen LogP contribution is 2.54. The summed E-state index contributed by atoms with van der Waals surface area (Å²) in [5.74, 6) is 0.292. The van der Waals surface area contributed by atoms with Gasteiger partial charge in [0.25, 0.3) is 0 Å². The Hall–Kier alpha value is -1.74. The number of hydrogen-bond donors (Lipinski definition) is 2. The van der Waals surface area contributed by atoms with Crippen molar-refractivity contribution in [2.24, 2.45) is 0 Å². The third kappa shape index (κ3) is 5.50. The number of aryl methyl sites for hydroxylation is 1. The predicted molar refractivity (Wildman–Crippen MR) is 132 cm³/mol. The highest BCUT2D eigenvalue weighted by atomic mass is 35.5. The Labute approximate surface area is 217 Å². The number of nitrogens with one attached hydrogen (secondary N) is 1. The molecule has 1 aromatic carbocycles. The van der Waals surface area contributed by atoms with Crippen LogP contribution in [0.3, 0.4) is 0 Å². The van der Waals surface area contributed by atoms with Crippen molar-refractivity contribution < 1.29 is 23.1 Å². The van der Waals surface area contributed by atoms with Gasteiger partial charge < -0.3 is 15.3 Å². The zero-order chi connectivity index (χ0) is 26.0. The molecule has 11 heteroatoms. The van der Waals surface area contributed by atoms with Crippen LogP contribution in [0.1, 0.15) is 49.4 Å². The summed E-state index contributed by atoms with van der Waals surface area (Å²) >= 11 is 18.3. The van der Waals surface area contributed by atoms with E-state index in [4.69, 9.17) is 34.8 Å². The first-order valence-electron chi connectivity index (χ1n) is 11.3. The Bertz CT molecular complexity index is 1060. The number of amides is 1. The molecule has 2 atom stereocenters. The molecule has 2 unspecified atom stereocenters. The molecule has 3 rings (SSSR count). The van der Waals surface area contributed by atoms with Gasteiger partial charge in [0.2, 0.25) is 5.91 Å². The number of rotatable bonds is 8. The number of hydrogen-bond acceptors (Lipinski definition) is 4. The number of carbonyl (C=O) groups is 1. The van der Waals surface area contributed by atoms with Crippen LogP contribution in [0.15, 0.2) is 24.3 Å². The van der Waals surface area contributed by atoms with Gasteiger partial charge in [-0.1, -0.05) is 47.8 Å². The molecule has 0 aliphatic carbocycles. The van der Waals surface area contributed by atoms with Crippen LogP contribution in [0, 0.1) is 6.92 Å². The molecule has 192 valence electrons. The Morgan fingerprint density at radius 2 is 1.91 bits per heavy atom. The van der Waals surface area contributed by atoms with Crippen LogP contribution in [-0.4, -0.2) is 41.4 Å². The maximum atomic E-state index is 14.9. The van der Waals surface area contributed by atoms with E-state index >= 15 is 0 Å². The smallest absolute Gasteiger partial charge is 0.396 e. The zero-order valence-corrected chi connectivity index (χ0v) is 21.6. The highest BCUT2D eigenvalue weighted by Gasteiger charge is 2.64. The summed E-state index contributed by atoms with van der Waals surface area (Å²) in [4.78, 5) is 17.8. The van der Waals surface area contributed by atoms with E-state index < -0.39 is 17.6 Å². The van der Waals surface area contributed by atoms with E-state index in [2.05, 4.69) is 10.3 Å². The standard InChI is InChI=1S/C24H27Cl3F3N3O2/c1-3-21(35)31-13-15-6-7-20(32-14(15)2)33-9-8-23(24(28,29)30,19(33)5-4-10-34)16-11-17(25)22(27)18(26)12-16/h6-7,11-12,19,34H,3-5,8-10,13H2,1-2H3,(H,31,35). The second-order valence-electron chi connectivity index (χ2n) is 8.59. The molecule has 1 aliphatic rings. The average molecular weight is 553 g/mol. The van der Waals surface area contributed by atoms with Crippen LogP contribution >= 0.6 is 34.8 Å². The molecule has 1 amide bonds. The molecule has 1 saturated heterocycles. The van der Waals surface area contributed by atoms with Gasteiger partial charge in [-0.2, -0.15) is 13.2 Å². The number of benzene rings is 1. The van der Waals surface area contributed by atoms with Crippen LogP contribution in [0.5, 0.6) is 0 Å². The van der Waals surface area contributed by atoms with Crippen molar-refractivity contribution in [2.45, 2.75) is 63.7 Å². The van der Waals surface area contributed by atoms with Crippen molar-refractivity contribution in [2.75, 3.05) is 18.1 Å². The molecule has 2 aromatic rings. The van der Waals surface area contributed by atoms with Crippen molar-refractivity contribution in [3.05, 3.63) is 56.2 Å². The van der Waals surface area contributed by atoms with Crippen molar-refractivity contribution in [1.29, 1.82) is 0 Å². The fraction of sp³-hybridized carbons (Fsp3) is 0.500. The van der Waals surface area contributed by atoms with Gasteiger partial charge in [0.1, 0.15) is 11.2 Å². The van der Waals surface area contributed by atoms with E-state index in [0.717, 1.165) is 5.56 Å². The summed E-state index contributed by atoms with van der Waals surface area (Å²) in [6.07, 6.45) is -4.28. The van der Waals surface area contributed by atoms with E-state index in [9.17, 15) is 23.1 Å². The third-order valence-electron chi connectivity index (χ3n) is 6.60. The maximum absolute atomic E-state index is 14.9. The number of aliphatic hydroxyl groups is 1. The molecular formula is C24H27Cl3F3N3O2. The van der Waals surface area contributed by atoms with Crippen molar-refractivity contribution >= 4 is 46.5 Å². The first-order valence-corrected chi connectivity index (χ1v) is 12.4. The van der Waals surface area contributed by atoms with Crippen LogP contribution in [0.2, 0.25) is 15.1 Å². The zero-order valence-electron chi connectivity index (χ0n) is 19.4. The lowest BCUT2D eigenvalue weighted by molar-refractivity contribution is -0.193. The molecule has 0 spiro atoms. The third-order valence-corrected chi connectivity index (χ3v) is 7.80. The van der Waals surface area contributed by atoms with E-state index in [1.807, 2.05) is 0 Å². The highest BCUT2D eigenvalue weighted by molar-refractivity contribution is 6.48. The van der Waals surface area contributed by atoms with Crippen LogP contribution < -0.4 is 10.2 Å². The number of anilines is 1. The number of aliphatic hydroxyl groups excluding tert-OH is 1. The van der Waals surface area contributed by atoms with Gasteiger partial charge in [-0.05, 0) is 55.5 Å². The van der Waals surface area contributed by atoms with E-state index in [1.165, 1.54) is 12.1 Å². The first-order chi connectivity index (χ1) is 16.5. The van der Waals surface area contributed by atoms with Gasteiger partial charge in [-0.15, -0.1) is 0 Å². The molecule has 0 bridgehead atoms. The molecule has 0 radical (unpaired) electrons. The SMILES string of the molecule is CCC(=O)NCc1ccc(N2CCC(c3cc(Cl)c(Cl)c(Cl)c3)(C(F)(F)F)C2CCCO)nc1C. The van der Waals surface area contributed by atoms with Crippen molar-refractivity contribution in [3.63, 3.8) is 0 Å². The van der Waals surface area contributed by atoms with E-state index in [0.29, 0.717) is 17.9 Å². The lowest BCUT2D eigenvalue weighted by Crippen LogP contribution is -2.52. The molecule has 2 N–H and O–H groups in total. The number of carbonyl (C=O) groups excluding carboxylic acids is 1. The molecular weight excluding hydrogens is 526 g/mol. The number of pyridine rings is 1. The van der Waals surface area contributed by atoms with Gasteiger partial charge in [-0.3, -0.25) is 4.79 Å². The van der Waals surface area contributed by atoms with Gasteiger partial charge in [-0.25, -0.2) is 4.98 Å². The second kappa shape index (κ2) is 11.1. The quantitative estimate of drug-likeness (QED) is 0.381. The Morgan fingerprint density at radius 3 is 2.46 bits per heavy atom. The van der Waals surface area contributed by atoms with Crippen LogP contribution in [0.25, 0.3) is 0 Å². The Kier molecular flexibility index (Phi) is 8.84. The number of halogens is 6.